The van der Waals surface area contributed by atoms with Crippen molar-refractivity contribution in [3.05, 3.63) is 0 Å². The van der Waals surface area contributed by atoms with Gasteiger partial charge in [0, 0.05) is 0 Å². The Morgan fingerprint density at radius 2 is 2.33 bits per heavy atom. The van der Waals surface area contributed by atoms with Gasteiger partial charge in [-0.2, -0.15) is 11.8 Å². The van der Waals surface area contributed by atoms with Crippen LogP contribution in [-0.2, 0) is 4.79 Å². The third-order valence-corrected chi connectivity index (χ3v) is 1.72. The average molecular weight is 158 g/mol. The molecule has 4 heteroatoms. The number of carbonyl (C=O) groups is 1. The minimum absolute atomic E-state index is 0. The molecule has 0 saturated carbocycles. The first-order chi connectivity index (χ1) is 3.77. The van der Waals surface area contributed by atoms with Gasteiger partial charge in [-0.05, 0) is 12.2 Å². The molecule has 0 bridgehead atoms. The first-order valence-electron chi connectivity index (χ1n) is 2.57. The second kappa shape index (κ2) is 8.82. The summed E-state index contributed by atoms with van der Waals surface area (Å²) in [6.07, 6.45) is 1.05. The van der Waals surface area contributed by atoms with E-state index in [0.717, 1.165) is 12.2 Å². The molecule has 0 radical (unpaired) electrons. The zero-order chi connectivity index (χ0) is 6.41. The molecule has 9 heavy (non-hydrogen) atoms. The molecule has 0 rings (SSSR count). The fourth-order valence-electron chi connectivity index (χ4n) is 0.304. The van der Waals surface area contributed by atoms with E-state index in [9.17, 15) is 4.79 Å². The smallest absolute Gasteiger partial charge is 1.00 e. The van der Waals surface area contributed by atoms with Gasteiger partial charge in [-0.3, -0.25) is 4.79 Å². The van der Waals surface area contributed by atoms with Crippen molar-refractivity contribution < 1.29 is 40.9 Å². The van der Waals surface area contributed by atoms with Crippen molar-refractivity contribution in [3.63, 3.8) is 0 Å². The number of carboxylic acids is 1. The maximum Gasteiger partial charge on any atom is 1.00 e. The number of rotatable bonds is 4. The molecule has 0 spiro atoms. The van der Waals surface area contributed by atoms with Crippen molar-refractivity contribution in [2.45, 2.75) is 13.3 Å². The van der Waals surface area contributed by atoms with Gasteiger partial charge in [-0.15, -0.1) is 0 Å². The predicted octanol–water partition coefficient (Wildman–Crippen LogP) is -1.67. The quantitative estimate of drug-likeness (QED) is 0.393. The van der Waals surface area contributed by atoms with E-state index >= 15 is 0 Å². The van der Waals surface area contributed by atoms with Gasteiger partial charge in [0.15, 0.2) is 0 Å². The predicted molar refractivity (Wildman–Crippen MR) is 36.4 cm³/mol. The molecule has 0 aromatic rings. The summed E-state index contributed by atoms with van der Waals surface area (Å²) >= 11 is 1.46. The summed E-state index contributed by atoms with van der Waals surface area (Å²) in [5.74, 6) is 0.476. The van der Waals surface area contributed by atoms with Crippen molar-refractivity contribution in [1.29, 1.82) is 0 Å². The summed E-state index contributed by atoms with van der Waals surface area (Å²) in [5.41, 5.74) is 0. The second-order valence-electron chi connectivity index (χ2n) is 1.45. The molecule has 0 saturated heterocycles. The Labute approximate surface area is 83.2 Å². The molecule has 0 aliphatic carbocycles. The van der Waals surface area contributed by atoms with E-state index < -0.39 is 5.97 Å². The summed E-state index contributed by atoms with van der Waals surface area (Å²) in [6, 6.07) is 0. The van der Waals surface area contributed by atoms with E-state index in [2.05, 4.69) is 0 Å². The Bertz CT molecular complexity index is 82.0. The Morgan fingerprint density at radius 1 is 1.78 bits per heavy atom. The van der Waals surface area contributed by atoms with E-state index in [0.29, 0.717) is 0 Å². The van der Waals surface area contributed by atoms with Gasteiger partial charge in [0.25, 0.3) is 0 Å². The molecule has 0 heterocycles. The van der Waals surface area contributed by atoms with Crippen LogP contribution in [0.2, 0.25) is 0 Å². The summed E-state index contributed by atoms with van der Waals surface area (Å²) in [4.78, 5) is 9.85. The van der Waals surface area contributed by atoms with Gasteiger partial charge in [0.2, 0.25) is 0 Å². The van der Waals surface area contributed by atoms with Crippen LogP contribution in [0.1, 0.15) is 14.8 Å². The minimum Gasteiger partial charge on any atom is -1.00 e. The maximum absolute atomic E-state index is 9.85. The Hall–Kier alpha value is 0.820. The Balaban J connectivity index is -0.000000245. The standard InChI is InChI=1S/C5H10O2S.Na.H/c1-2-3-8-4-5(6)7;;/h2-4H2,1H3,(H,6,7);;/q;+1;-1. The van der Waals surface area contributed by atoms with Crippen molar-refractivity contribution >= 4 is 17.7 Å². The molecule has 0 aromatic heterocycles. The molecular weight excluding hydrogens is 147 g/mol. The zero-order valence-corrected chi connectivity index (χ0v) is 8.70. The fourth-order valence-corrected chi connectivity index (χ4v) is 0.911. The molecule has 0 amide bonds. The number of thioether (sulfide) groups is 1. The van der Waals surface area contributed by atoms with Crippen LogP contribution in [0.25, 0.3) is 0 Å². The molecule has 50 valence electrons. The topological polar surface area (TPSA) is 37.3 Å². The molecule has 0 aliphatic heterocycles. The van der Waals surface area contributed by atoms with Gasteiger partial charge < -0.3 is 6.53 Å². The average Bonchev–Trinajstić information content (AvgIpc) is 1.66. The Morgan fingerprint density at radius 3 is 2.67 bits per heavy atom. The molecule has 0 aromatic carbocycles. The van der Waals surface area contributed by atoms with Gasteiger partial charge in [0.1, 0.15) is 0 Å². The van der Waals surface area contributed by atoms with Gasteiger partial charge in [0.05, 0.1) is 5.75 Å². The number of carboxylic acid groups (broad SMARTS) is 1. The largest absolute Gasteiger partial charge is 1.00 e. The third kappa shape index (κ3) is 12.1. The van der Waals surface area contributed by atoms with E-state index in [1.54, 1.807) is 0 Å². The zero-order valence-electron chi connectivity index (χ0n) is 6.89. The van der Waals surface area contributed by atoms with Crippen LogP contribution >= 0.6 is 11.8 Å². The van der Waals surface area contributed by atoms with E-state index in [1.807, 2.05) is 6.92 Å². The summed E-state index contributed by atoms with van der Waals surface area (Å²) in [6.45, 7) is 2.04. The van der Waals surface area contributed by atoms with Crippen LogP contribution in [0.5, 0.6) is 0 Å². The summed E-state index contributed by atoms with van der Waals surface area (Å²) < 4.78 is 0. The molecule has 1 N–H and O–H groups in total. The molecule has 0 aliphatic rings. The fraction of sp³-hybridized carbons (Fsp3) is 0.800. The monoisotopic (exact) mass is 158 g/mol. The molecule has 0 atom stereocenters. The van der Waals surface area contributed by atoms with Crippen LogP contribution < -0.4 is 29.6 Å². The van der Waals surface area contributed by atoms with E-state index in [-0.39, 0.29) is 36.7 Å². The maximum atomic E-state index is 9.85. The van der Waals surface area contributed by atoms with Crippen molar-refractivity contribution in [1.82, 2.24) is 0 Å². The van der Waals surface area contributed by atoms with Crippen molar-refractivity contribution in [2.24, 2.45) is 0 Å². The molecule has 2 nitrogen and oxygen atoms in total. The van der Waals surface area contributed by atoms with Crippen molar-refractivity contribution in [3.8, 4) is 0 Å². The first-order valence-corrected chi connectivity index (χ1v) is 3.72. The van der Waals surface area contributed by atoms with Gasteiger partial charge >= 0.3 is 35.5 Å². The van der Waals surface area contributed by atoms with Crippen molar-refractivity contribution in [2.75, 3.05) is 11.5 Å². The second-order valence-corrected chi connectivity index (χ2v) is 2.55. The molecule has 0 unspecified atom stereocenters. The molecular formula is C5H11NaO2S. The number of hydrogen-bond acceptors (Lipinski definition) is 2. The number of hydrogen-bond donors (Lipinski definition) is 1. The van der Waals surface area contributed by atoms with Crippen LogP contribution in [0, 0.1) is 0 Å². The van der Waals surface area contributed by atoms with Crippen LogP contribution in [-0.4, -0.2) is 22.6 Å². The number of aliphatic carboxylic acids is 1. The molecule has 0 fully saturated rings. The van der Waals surface area contributed by atoms with Gasteiger partial charge in [-0.25, -0.2) is 0 Å². The van der Waals surface area contributed by atoms with Crippen LogP contribution in [0.15, 0.2) is 0 Å². The normalized spacial score (nSPS) is 8.11. The Kier molecular flexibility index (Phi) is 12.2. The van der Waals surface area contributed by atoms with E-state index in [1.165, 1.54) is 11.8 Å². The SMILES string of the molecule is CCCSCC(=O)O.[H-].[Na+]. The summed E-state index contributed by atoms with van der Waals surface area (Å²) in [7, 11) is 0. The van der Waals surface area contributed by atoms with Crippen LogP contribution in [0.3, 0.4) is 0 Å². The third-order valence-electron chi connectivity index (χ3n) is 0.574. The van der Waals surface area contributed by atoms with Gasteiger partial charge in [-0.1, -0.05) is 6.92 Å². The first kappa shape index (κ1) is 12.5. The minimum atomic E-state index is -0.719. The summed E-state index contributed by atoms with van der Waals surface area (Å²) in [5, 5.41) is 8.12. The van der Waals surface area contributed by atoms with E-state index in [4.69, 9.17) is 5.11 Å². The van der Waals surface area contributed by atoms with Crippen LogP contribution in [0.4, 0.5) is 0 Å².